The maximum atomic E-state index is 13.0. The van der Waals surface area contributed by atoms with Gasteiger partial charge in [-0.1, -0.05) is 12.1 Å². The first-order chi connectivity index (χ1) is 13.5. The van der Waals surface area contributed by atoms with Crippen LogP contribution in [0.3, 0.4) is 0 Å². The third-order valence-electron chi connectivity index (χ3n) is 4.29. The van der Waals surface area contributed by atoms with Gasteiger partial charge < -0.3 is 26.0 Å². The second kappa shape index (κ2) is 13.9. The Balaban J connectivity index is 2.54. The molecular formula is C20H34FN5O2. The molecule has 0 radical (unpaired) electrons. The lowest BCUT2D eigenvalue weighted by Gasteiger charge is -2.18. The number of benzene rings is 1. The molecule has 0 spiro atoms. The summed E-state index contributed by atoms with van der Waals surface area (Å²) in [4.78, 5) is 18.5. The standard InChI is InChI=1S/C20H34FN5O2/c1-4-23-20(24-10-12-26(2)11-5-13-28-3)25-15-17(19(22)27)14-16-6-8-18(21)9-7-16/h6-9,17H,4-5,10-15H2,1-3H3,(H2,22,27)(H2,23,24,25). The predicted octanol–water partition coefficient (Wildman–Crippen LogP) is 0.993. The number of guanidine groups is 1. The fourth-order valence-electron chi connectivity index (χ4n) is 2.66. The molecule has 0 aliphatic heterocycles. The summed E-state index contributed by atoms with van der Waals surface area (Å²) in [5, 5.41) is 6.44. The van der Waals surface area contributed by atoms with Crippen LogP contribution in [-0.4, -0.2) is 70.3 Å². The molecule has 0 saturated carbocycles. The van der Waals surface area contributed by atoms with Gasteiger partial charge in [0.15, 0.2) is 5.96 Å². The normalized spacial score (nSPS) is 12.8. The molecule has 7 nitrogen and oxygen atoms in total. The number of rotatable bonds is 13. The van der Waals surface area contributed by atoms with E-state index in [1.165, 1.54) is 12.1 Å². The zero-order chi connectivity index (χ0) is 20.8. The fraction of sp³-hybridized carbons (Fsp3) is 0.600. The number of carbonyl (C=O) groups excluding carboxylic acids is 1. The molecular weight excluding hydrogens is 361 g/mol. The average Bonchev–Trinajstić information content (AvgIpc) is 2.66. The van der Waals surface area contributed by atoms with Crippen molar-refractivity contribution >= 4 is 11.9 Å². The number of hydrogen-bond donors (Lipinski definition) is 3. The van der Waals surface area contributed by atoms with E-state index >= 15 is 0 Å². The van der Waals surface area contributed by atoms with Gasteiger partial charge >= 0.3 is 0 Å². The number of likely N-dealkylation sites (N-methyl/N-ethyl adjacent to an activating group) is 1. The molecule has 28 heavy (non-hydrogen) atoms. The van der Waals surface area contributed by atoms with E-state index in [0.29, 0.717) is 18.9 Å². The molecule has 1 rings (SSSR count). The molecule has 0 fully saturated rings. The van der Waals surface area contributed by atoms with Crippen LogP contribution in [0.15, 0.2) is 29.3 Å². The van der Waals surface area contributed by atoms with E-state index in [9.17, 15) is 9.18 Å². The third kappa shape index (κ3) is 10.2. The Labute approximate surface area is 167 Å². The Bertz CT molecular complexity index is 595. The second-order valence-corrected chi connectivity index (χ2v) is 6.73. The van der Waals surface area contributed by atoms with Gasteiger partial charge in [-0.25, -0.2) is 4.39 Å². The van der Waals surface area contributed by atoms with Gasteiger partial charge in [-0.05, 0) is 44.5 Å². The van der Waals surface area contributed by atoms with E-state index in [2.05, 4.69) is 27.6 Å². The van der Waals surface area contributed by atoms with Crippen LogP contribution in [0, 0.1) is 11.7 Å². The average molecular weight is 396 g/mol. The Morgan fingerprint density at radius 1 is 1.29 bits per heavy atom. The van der Waals surface area contributed by atoms with Crippen LogP contribution in [0.25, 0.3) is 0 Å². The number of primary amides is 1. The predicted molar refractivity (Wildman–Crippen MR) is 111 cm³/mol. The number of aliphatic imine (C=N–C) groups is 1. The maximum Gasteiger partial charge on any atom is 0.222 e. The van der Waals surface area contributed by atoms with Crippen LogP contribution < -0.4 is 16.4 Å². The Kier molecular flexibility index (Phi) is 11.8. The van der Waals surface area contributed by atoms with E-state index in [-0.39, 0.29) is 12.4 Å². The summed E-state index contributed by atoms with van der Waals surface area (Å²) in [7, 11) is 3.77. The molecule has 4 N–H and O–H groups in total. The monoisotopic (exact) mass is 395 g/mol. The van der Waals surface area contributed by atoms with Crippen molar-refractivity contribution in [2.45, 2.75) is 19.8 Å². The number of halogens is 1. The highest BCUT2D eigenvalue weighted by Gasteiger charge is 2.16. The SMILES string of the molecule is CCNC(=NCC(Cc1ccc(F)cc1)C(N)=O)NCCN(C)CCCOC. The molecule has 0 heterocycles. The third-order valence-corrected chi connectivity index (χ3v) is 4.29. The van der Waals surface area contributed by atoms with Crippen LogP contribution in [0.2, 0.25) is 0 Å². The second-order valence-electron chi connectivity index (χ2n) is 6.73. The van der Waals surface area contributed by atoms with Gasteiger partial charge in [0.1, 0.15) is 5.82 Å². The Morgan fingerprint density at radius 3 is 2.61 bits per heavy atom. The lowest BCUT2D eigenvalue weighted by Crippen LogP contribution is -2.41. The topological polar surface area (TPSA) is 92.0 Å². The van der Waals surface area contributed by atoms with E-state index in [1.807, 2.05) is 6.92 Å². The Hall–Kier alpha value is -2.19. The molecule has 1 amide bonds. The van der Waals surface area contributed by atoms with Gasteiger partial charge in [0, 0.05) is 39.9 Å². The summed E-state index contributed by atoms with van der Waals surface area (Å²) in [6.45, 7) is 6.28. The van der Waals surface area contributed by atoms with Crippen molar-refractivity contribution < 1.29 is 13.9 Å². The molecule has 1 atom stereocenters. The quantitative estimate of drug-likeness (QED) is 0.263. The fourth-order valence-corrected chi connectivity index (χ4v) is 2.66. The van der Waals surface area contributed by atoms with Crippen LogP contribution in [-0.2, 0) is 16.0 Å². The van der Waals surface area contributed by atoms with E-state index in [0.717, 1.165) is 38.2 Å². The number of methoxy groups -OCH3 is 1. The van der Waals surface area contributed by atoms with Gasteiger partial charge in [0.2, 0.25) is 5.91 Å². The summed E-state index contributed by atoms with van der Waals surface area (Å²) >= 11 is 0. The largest absolute Gasteiger partial charge is 0.385 e. The van der Waals surface area contributed by atoms with Gasteiger partial charge in [-0.3, -0.25) is 9.79 Å². The number of carbonyl (C=O) groups is 1. The van der Waals surface area contributed by atoms with Crippen molar-refractivity contribution in [2.24, 2.45) is 16.6 Å². The van der Waals surface area contributed by atoms with Crippen molar-refractivity contribution in [2.75, 3.05) is 53.5 Å². The highest BCUT2D eigenvalue weighted by atomic mass is 19.1. The summed E-state index contributed by atoms with van der Waals surface area (Å²) in [6.07, 6.45) is 1.42. The van der Waals surface area contributed by atoms with Crippen molar-refractivity contribution in [3.63, 3.8) is 0 Å². The van der Waals surface area contributed by atoms with Gasteiger partial charge in [-0.2, -0.15) is 0 Å². The highest BCUT2D eigenvalue weighted by molar-refractivity contribution is 5.81. The summed E-state index contributed by atoms with van der Waals surface area (Å²) in [6, 6.07) is 6.09. The minimum Gasteiger partial charge on any atom is -0.385 e. The van der Waals surface area contributed by atoms with Crippen molar-refractivity contribution in [3.8, 4) is 0 Å². The molecule has 1 unspecified atom stereocenters. The summed E-state index contributed by atoms with van der Waals surface area (Å²) in [5.41, 5.74) is 6.39. The first-order valence-electron chi connectivity index (χ1n) is 9.69. The highest BCUT2D eigenvalue weighted by Crippen LogP contribution is 2.10. The smallest absolute Gasteiger partial charge is 0.222 e. The van der Waals surface area contributed by atoms with Gasteiger partial charge in [-0.15, -0.1) is 0 Å². The number of nitrogens with zero attached hydrogens (tertiary/aromatic N) is 2. The number of nitrogens with two attached hydrogens (primary N) is 1. The molecule has 0 aliphatic carbocycles. The number of nitrogens with one attached hydrogen (secondary N) is 2. The maximum absolute atomic E-state index is 13.0. The first kappa shape index (κ1) is 23.8. The van der Waals surface area contributed by atoms with Crippen molar-refractivity contribution in [3.05, 3.63) is 35.6 Å². The molecule has 158 valence electrons. The van der Waals surface area contributed by atoms with E-state index in [1.54, 1.807) is 19.2 Å². The lowest BCUT2D eigenvalue weighted by atomic mass is 9.99. The van der Waals surface area contributed by atoms with Gasteiger partial charge in [0.25, 0.3) is 0 Å². The zero-order valence-corrected chi connectivity index (χ0v) is 17.2. The first-order valence-corrected chi connectivity index (χ1v) is 9.69. The molecule has 1 aromatic rings. The molecule has 8 heteroatoms. The minimum absolute atomic E-state index is 0.270. The van der Waals surface area contributed by atoms with Crippen molar-refractivity contribution in [1.29, 1.82) is 0 Å². The number of ether oxygens (including phenoxy) is 1. The molecule has 0 aromatic heterocycles. The number of hydrogen-bond acceptors (Lipinski definition) is 4. The Morgan fingerprint density at radius 2 is 2.00 bits per heavy atom. The summed E-state index contributed by atoms with van der Waals surface area (Å²) in [5.74, 6) is -0.513. The van der Waals surface area contributed by atoms with Crippen LogP contribution >= 0.6 is 0 Å². The lowest BCUT2D eigenvalue weighted by molar-refractivity contribution is -0.121. The van der Waals surface area contributed by atoms with Crippen LogP contribution in [0.4, 0.5) is 4.39 Å². The van der Waals surface area contributed by atoms with E-state index < -0.39 is 11.8 Å². The minimum atomic E-state index is -0.447. The van der Waals surface area contributed by atoms with Crippen LogP contribution in [0.1, 0.15) is 18.9 Å². The molecule has 1 aromatic carbocycles. The van der Waals surface area contributed by atoms with Gasteiger partial charge in [0.05, 0.1) is 12.5 Å². The summed E-state index contributed by atoms with van der Waals surface area (Å²) < 4.78 is 18.1. The molecule has 0 saturated heterocycles. The molecule has 0 aliphatic rings. The van der Waals surface area contributed by atoms with Crippen LogP contribution in [0.5, 0.6) is 0 Å². The van der Waals surface area contributed by atoms with Crippen molar-refractivity contribution in [1.82, 2.24) is 15.5 Å². The molecule has 0 bridgehead atoms. The zero-order valence-electron chi connectivity index (χ0n) is 17.2. The van der Waals surface area contributed by atoms with E-state index in [4.69, 9.17) is 10.5 Å². The number of amides is 1.